The molecule has 0 aliphatic rings. The van der Waals surface area contributed by atoms with Crippen LogP contribution in [0.1, 0.15) is 6.92 Å². The smallest absolute Gasteiger partial charge is 0.265 e. The Kier molecular flexibility index (Phi) is 6.95. The van der Waals surface area contributed by atoms with Crippen LogP contribution in [-0.4, -0.2) is 37.6 Å². The number of benzene rings is 3. The van der Waals surface area contributed by atoms with Crippen LogP contribution in [0, 0.1) is 0 Å². The SMILES string of the molecule is CCN(c1ccccc1)S(=O)(=O)c1ccc(OC)c(NS(=O)(=O)c2ccccc2OC)c1. The molecule has 0 radical (unpaired) electrons. The average molecular weight is 477 g/mol. The van der Waals surface area contributed by atoms with Gasteiger partial charge in [0.2, 0.25) is 0 Å². The summed E-state index contributed by atoms with van der Waals surface area (Å²) in [6.45, 7) is 1.92. The van der Waals surface area contributed by atoms with Gasteiger partial charge in [0.1, 0.15) is 16.4 Å². The summed E-state index contributed by atoms with van der Waals surface area (Å²) in [7, 11) is -5.32. The Morgan fingerprint density at radius 1 is 0.812 bits per heavy atom. The highest BCUT2D eigenvalue weighted by molar-refractivity contribution is 7.93. The standard InChI is InChI=1S/C22H24N2O6S2/c1-4-24(17-10-6-5-7-11-17)32(27,28)18-14-15-20(29-2)19(16-18)23-31(25,26)22-13-9-8-12-21(22)30-3/h5-16,23H,4H2,1-3H3. The summed E-state index contributed by atoms with van der Waals surface area (Å²) in [5, 5.41) is 0. The zero-order chi connectivity index (χ0) is 23.4. The van der Waals surface area contributed by atoms with E-state index in [0.29, 0.717) is 5.69 Å². The normalized spacial score (nSPS) is 11.6. The summed E-state index contributed by atoms with van der Waals surface area (Å²) in [5.74, 6) is 0.328. The van der Waals surface area contributed by atoms with Crippen molar-refractivity contribution in [1.29, 1.82) is 0 Å². The fraction of sp³-hybridized carbons (Fsp3) is 0.182. The molecular weight excluding hydrogens is 452 g/mol. The molecule has 3 aromatic carbocycles. The van der Waals surface area contributed by atoms with E-state index in [4.69, 9.17) is 9.47 Å². The van der Waals surface area contributed by atoms with Crippen LogP contribution >= 0.6 is 0 Å². The van der Waals surface area contributed by atoms with Crippen molar-refractivity contribution in [2.24, 2.45) is 0 Å². The summed E-state index contributed by atoms with van der Waals surface area (Å²) >= 11 is 0. The summed E-state index contributed by atoms with van der Waals surface area (Å²) in [6, 6.07) is 18.8. The van der Waals surface area contributed by atoms with Crippen LogP contribution in [0.5, 0.6) is 11.5 Å². The van der Waals surface area contributed by atoms with Gasteiger partial charge in [0.05, 0.1) is 30.5 Å². The molecule has 170 valence electrons. The highest BCUT2D eigenvalue weighted by atomic mass is 32.2. The first-order chi connectivity index (χ1) is 15.2. The molecule has 0 saturated heterocycles. The highest BCUT2D eigenvalue weighted by Crippen LogP contribution is 2.33. The van der Waals surface area contributed by atoms with Gasteiger partial charge in [0.25, 0.3) is 20.0 Å². The lowest BCUT2D eigenvalue weighted by Gasteiger charge is -2.23. The Morgan fingerprint density at radius 2 is 1.44 bits per heavy atom. The summed E-state index contributed by atoms with van der Waals surface area (Å²) < 4.78 is 66.8. The third kappa shape index (κ3) is 4.66. The van der Waals surface area contributed by atoms with E-state index >= 15 is 0 Å². The predicted octanol–water partition coefficient (Wildman–Crippen LogP) is 3.72. The topological polar surface area (TPSA) is 102 Å². The monoisotopic (exact) mass is 476 g/mol. The third-order valence-electron chi connectivity index (χ3n) is 4.69. The first kappa shape index (κ1) is 23.4. The predicted molar refractivity (Wildman–Crippen MR) is 123 cm³/mol. The number of anilines is 2. The van der Waals surface area contributed by atoms with Crippen molar-refractivity contribution in [2.75, 3.05) is 29.8 Å². The fourth-order valence-corrected chi connectivity index (χ4v) is 5.91. The molecule has 0 bridgehead atoms. The summed E-state index contributed by atoms with van der Waals surface area (Å²) in [5.41, 5.74) is 0.491. The van der Waals surface area contributed by atoms with Gasteiger partial charge in [0, 0.05) is 6.54 Å². The van der Waals surface area contributed by atoms with Crippen LogP contribution in [0.4, 0.5) is 11.4 Å². The molecule has 0 saturated carbocycles. The molecule has 0 aromatic heterocycles. The second-order valence-corrected chi connectivity index (χ2v) is 10.1. The van der Waals surface area contributed by atoms with Crippen molar-refractivity contribution < 1.29 is 26.3 Å². The number of hydrogen-bond acceptors (Lipinski definition) is 6. The molecule has 0 fully saturated rings. The lowest BCUT2D eigenvalue weighted by Crippen LogP contribution is -2.30. The van der Waals surface area contributed by atoms with Crippen molar-refractivity contribution >= 4 is 31.4 Å². The van der Waals surface area contributed by atoms with E-state index in [1.165, 1.54) is 48.9 Å². The number of methoxy groups -OCH3 is 2. The lowest BCUT2D eigenvalue weighted by atomic mass is 10.3. The molecule has 0 aliphatic heterocycles. The zero-order valence-corrected chi connectivity index (χ0v) is 19.5. The molecule has 0 spiro atoms. The molecule has 0 atom stereocenters. The number of nitrogens with zero attached hydrogens (tertiary/aromatic N) is 1. The van der Waals surface area contributed by atoms with Crippen molar-refractivity contribution in [2.45, 2.75) is 16.7 Å². The van der Waals surface area contributed by atoms with E-state index in [0.717, 1.165) is 0 Å². The van der Waals surface area contributed by atoms with Gasteiger partial charge in [-0.3, -0.25) is 9.03 Å². The van der Waals surface area contributed by atoms with Gasteiger partial charge in [-0.25, -0.2) is 16.8 Å². The largest absolute Gasteiger partial charge is 0.495 e. The van der Waals surface area contributed by atoms with E-state index in [9.17, 15) is 16.8 Å². The van der Waals surface area contributed by atoms with Crippen LogP contribution in [0.3, 0.4) is 0 Å². The number of para-hydroxylation sites is 2. The summed E-state index contributed by atoms with van der Waals surface area (Å²) in [4.78, 5) is -0.168. The Hall–Kier alpha value is -3.24. The van der Waals surface area contributed by atoms with Crippen molar-refractivity contribution in [1.82, 2.24) is 0 Å². The number of hydrogen-bond donors (Lipinski definition) is 1. The average Bonchev–Trinajstić information content (AvgIpc) is 2.79. The van der Waals surface area contributed by atoms with Crippen LogP contribution in [0.15, 0.2) is 82.6 Å². The number of nitrogens with one attached hydrogen (secondary N) is 1. The number of ether oxygens (including phenoxy) is 2. The van der Waals surface area contributed by atoms with Crippen LogP contribution in [0.25, 0.3) is 0 Å². The third-order valence-corrected chi connectivity index (χ3v) is 8.00. The Labute approximate surface area is 188 Å². The maximum atomic E-state index is 13.3. The van der Waals surface area contributed by atoms with Crippen molar-refractivity contribution in [3.05, 3.63) is 72.8 Å². The van der Waals surface area contributed by atoms with Crippen LogP contribution in [0.2, 0.25) is 0 Å². The molecule has 0 amide bonds. The van der Waals surface area contributed by atoms with Gasteiger partial charge in [-0.2, -0.15) is 0 Å². The van der Waals surface area contributed by atoms with Gasteiger partial charge < -0.3 is 9.47 Å². The summed E-state index contributed by atoms with van der Waals surface area (Å²) in [6.07, 6.45) is 0. The van der Waals surface area contributed by atoms with Gasteiger partial charge >= 0.3 is 0 Å². The van der Waals surface area contributed by atoms with E-state index in [1.54, 1.807) is 49.4 Å². The molecule has 10 heteroatoms. The Morgan fingerprint density at radius 3 is 2.06 bits per heavy atom. The maximum Gasteiger partial charge on any atom is 0.265 e. The van der Waals surface area contributed by atoms with E-state index in [1.807, 2.05) is 0 Å². The molecule has 3 aromatic rings. The van der Waals surface area contributed by atoms with Gasteiger partial charge in [0.15, 0.2) is 0 Å². The lowest BCUT2D eigenvalue weighted by molar-refractivity contribution is 0.403. The Balaban J connectivity index is 2.06. The van der Waals surface area contributed by atoms with E-state index in [2.05, 4.69) is 4.72 Å². The molecule has 3 rings (SSSR count). The molecule has 0 aliphatic carbocycles. The number of sulfonamides is 2. The molecular formula is C22H24N2O6S2. The quantitative estimate of drug-likeness (QED) is 0.505. The molecule has 1 N–H and O–H groups in total. The van der Waals surface area contributed by atoms with Crippen LogP contribution in [-0.2, 0) is 20.0 Å². The van der Waals surface area contributed by atoms with E-state index in [-0.39, 0.29) is 33.5 Å². The van der Waals surface area contributed by atoms with Crippen molar-refractivity contribution in [3.63, 3.8) is 0 Å². The minimum absolute atomic E-state index is 0.0106. The maximum absolute atomic E-state index is 13.3. The number of rotatable bonds is 9. The van der Waals surface area contributed by atoms with E-state index < -0.39 is 20.0 Å². The van der Waals surface area contributed by atoms with Gasteiger partial charge in [-0.1, -0.05) is 30.3 Å². The minimum atomic E-state index is -4.09. The first-order valence-electron chi connectivity index (χ1n) is 9.66. The molecule has 0 heterocycles. The second kappa shape index (κ2) is 9.49. The van der Waals surface area contributed by atoms with Gasteiger partial charge in [-0.15, -0.1) is 0 Å². The van der Waals surface area contributed by atoms with Crippen molar-refractivity contribution in [3.8, 4) is 11.5 Å². The zero-order valence-electron chi connectivity index (χ0n) is 17.8. The molecule has 32 heavy (non-hydrogen) atoms. The molecule has 0 unspecified atom stereocenters. The second-order valence-electron chi connectivity index (χ2n) is 6.62. The fourth-order valence-electron chi connectivity index (χ4n) is 3.18. The minimum Gasteiger partial charge on any atom is -0.495 e. The Bertz CT molecular complexity index is 1290. The molecule has 8 nitrogen and oxygen atoms in total. The van der Waals surface area contributed by atoms with Gasteiger partial charge in [-0.05, 0) is 49.4 Å². The van der Waals surface area contributed by atoms with Crippen LogP contribution < -0.4 is 18.5 Å². The first-order valence-corrected chi connectivity index (χ1v) is 12.6. The highest BCUT2D eigenvalue weighted by Gasteiger charge is 2.26.